The topological polar surface area (TPSA) is 61.6 Å². The van der Waals surface area contributed by atoms with Crippen LogP contribution in [0.1, 0.15) is 17.2 Å². The maximum Gasteiger partial charge on any atom is 0.416 e. The summed E-state index contributed by atoms with van der Waals surface area (Å²) in [4.78, 5) is 8.54. The first-order chi connectivity index (χ1) is 13.3. The van der Waals surface area contributed by atoms with Crippen molar-refractivity contribution in [2.75, 3.05) is 38.1 Å². The second-order valence-corrected chi connectivity index (χ2v) is 6.64. The van der Waals surface area contributed by atoms with E-state index < -0.39 is 11.7 Å². The maximum atomic E-state index is 12.7. The Balaban J connectivity index is 0.00000300. The number of halogens is 4. The number of nitrogens with one attached hydrogen (secondary N) is 1. The summed E-state index contributed by atoms with van der Waals surface area (Å²) in [5, 5.41) is 11.5. The van der Waals surface area contributed by atoms with Crippen LogP contribution in [0.15, 0.2) is 29.3 Å². The molecule has 3 rings (SSSR count). The second-order valence-electron chi connectivity index (χ2n) is 6.64. The summed E-state index contributed by atoms with van der Waals surface area (Å²) in [5.41, 5.74) is 0.170. The molecule has 0 radical (unpaired) electrons. The molecule has 7 nitrogen and oxygen atoms in total. The fourth-order valence-electron chi connectivity index (χ4n) is 3.13. The molecule has 0 unspecified atom stereocenters. The van der Waals surface area contributed by atoms with Gasteiger partial charge in [-0.3, -0.25) is 4.99 Å². The standard InChI is InChI=1S/C18H24F3N7.HI/c1-13-24-25-16(26(13)3)12-23-17(22-2)28-10-8-27(9-11-28)15-6-4-14(5-7-15)18(19,20)21;/h4-7H,8-12H2,1-3H3,(H,22,23);1H. The van der Waals surface area contributed by atoms with Crippen molar-refractivity contribution >= 4 is 35.6 Å². The third-order valence-corrected chi connectivity index (χ3v) is 4.94. The number of aliphatic imine (C=N–C) groups is 1. The van der Waals surface area contributed by atoms with Gasteiger partial charge in [0, 0.05) is 46.0 Å². The van der Waals surface area contributed by atoms with Gasteiger partial charge in [0.2, 0.25) is 0 Å². The number of hydrogen-bond acceptors (Lipinski definition) is 4. The lowest BCUT2D eigenvalue weighted by Crippen LogP contribution is -2.52. The first-order valence-corrected chi connectivity index (χ1v) is 9.02. The molecule has 1 aliphatic rings. The van der Waals surface area contributed by atoms with Crippen LogP contribution in [0.3, 0.4) is 0 Å². The van der Waals surface area contributed by atoms with E-state index in [0.717, 1.165) is 48.5 Å². The molecule has 0 saturated carbocycles. The summed E-state index contributed by atoms with van der Waals surface area (Å²) in [7, 11) is 3.64. The van der Waals surface area contributed by atoms with Crippen molar-refractivity contribution in [2.24, 2.45) is 12.0 Å². The van der Waals surface area contributed by atoms with Crippen LogP contribution in [-0.4, -0.2) is 58.9 Å². The Hall–Kier alpha value is -2.05. The summed E-state index contributed by atoms with van der Waals surface area (Å²) in [6.07, 6.45) is -4.31. The third-order valence-electron chi connectivity index (χ3n) is 4.94. The van der Waals surface area contributed by atoms with Gasteiger partial charge in [-0.15, -0.1) is 34.2 Å². The van der Waals surface area contributed by atoms with Crippen molar-refractivity contribution in [3.63, 3.8) is 0 Å². The molecule has 2 aromatic rings. The van der Waals surface area contributed by atoms with Crippen LogP contribution in [-0.2, 0) is 19.8 Å². The Bertz CT molecular complexity index is 825. The van der Waals surface area contributed by atoms with Gasteiger partial charge in [0.25, 0.3) is 0 Å². The Morgan fingerprint density at radius 3 is 2.21 bits per heavy atom. The Morgan fingerprint density at radius 2 is 1.72 bits per heavy atom. The van der Waals surface area contributed by atoms with Gasteiger partial charge < -0.3 is 19.7 Å². The second kappa shape index (κ2) is 9.63. The number of aryl methyl sites for hydroxylation is 1. The van der Waals surface area contributed by atoms with Crippen LogP contribution in [0.2, 0.25) is 0 Å². The normalized spacial score (nSPS) is 15.3. The highest BCUT2D eigenvalue weighted by atomic mass is 127. The molecular formula is C18H25F3IN7. The molecular weight excluding hydrogens is 498 g/mol. The molecule has 0 bridgehead atoms. The van der Waals surface area contributed by atoms with Crippen LogP contribution >= 0.6 is 24.0 Å². The van der Waals surface area contributed by atoms with Crippen molar-refractivity contribution in [1.29, 1.82) is 0 Å². The van der Waals surface area contributed by atoms with Gasteiger partial charge in [0.05, 0.1) is 12.1 Å². The number of guanidine groups is 1. The molecule has 1 N–H and O–H groups in total. The monoisotopic (exact) mass is 523 g/mol. The van der Waals surface area contributed by atoms with Gasteiger partial charge in [-0.1, -0.05) is 0 Å². The van der Waals surface area contributed by atoms with Crippen molar-refractivity contribution in [3.8, 4) is 0 Å². The minimum atomic E-state index is -4.31. The van der Waals surface area contributed by atoms with Crippen molar-refractivity contribution < 1.29 is 13.2 Å². The van der Waals surface area contributed by atoms with Crippen LogP contribution in [0.5, 0.6) is 0 Å². The van der Waals surface area contributed by atoms with Crippen LogP contribution in [0.25, 0.3) is 0 Å². The van der Waals surface area contributed by atoms with Gasteiger partial charge in [-0.25, -0.2) is 0 Å². The number of anilines is 1. The smallest absolute Gasteiger partial charge is 0.368 e. The number of hydrogen-bond donors (Lipinski definition) is 1. The molecule has 0 spiro atoms. The minimum absolute atomic E-state index is 0. The highest BCUT2D eigenvalue weighted by molar-refractivity contribution is 14.0. The molecule has 11 heteroatoms. The van der Waals surface area contributed by atoms with Gasteiger partial charge in [-0.2, -0.15) is 13.2 Å². The number of aromatic nitrogens is 3. The average Bonchev–Trinajstić information content (AvgIpc) is 3.00. The average molecular weight is 523 g/mol. The zero-order valence-electron chi connectivity index (χ0n) is 16.6. The Labute approximate surface area is 185 Å². The van der Waals surface area contributed by atoms with Crippen molar-refractivity contribution in [3.05, 3.63) is 41.5 Å². The lowest BCUT2D eigenvalue weighted by molar-refractivity contribution is -0.137. The van der Waals surface area contributed by atoms with E-state index in [-0.39, 0.29) is 24.0 Å². The molecule has 0 amide bonds. The summed E-state index contributed by atoms with van der Waals surface area (Å²) in [5.74, 6) is 2.44. The number of piperazine rings is 1. The first-order valence-electron chi connectivity index (χ1n) is 9.02. The number of alkyl halides is 3. The van der Waals surface area contributed by atoms with Crippen LogP contribution in [0.4, 0.5) is 18.9 Å². The van der Waals surface area contributed by atoms with Gasteiger partial charge in [0.1, 0.15) is 5.82 Å². The van der Waals surface area contributed by atoms with E-state index in [1.165, 1.54) is 12.1 Å². The zero-order chi connectivity index (χ0) is 20.3. The largest absolute Gasteiger partial charge is 0.416 e. The number of rotatable bonds is 3. The summed E-state index contributed by atoms with van der Waals surface area (Å²) < 4.78 is 40.1. The fraction of sp³-hybridized carbons (Fsp3) is 0.500. The molecule has 1 aliphatic heterocycles. The zero-order valence-corrected chi connectivity index (χ0v) is 18.9. The van der Waals surface area contributed by atoms with E-state index >= 15 is 0 Å². The summed E-state index contributed by atoms with van der Waals surface area (Å²) in [6, 6.07) is 5.32. The highest BCUT2D eigenvalue weighted by Gasteiger charge is 2.30. The molecule has 1 aromatic heterocycles. The van der Waals surface area contributed by atoms with E-state index in [0.29, 0.717) is 19.6 Å². The maximum absolute atomic E-state index is 12.7. The molecule has 1 saturated heterocycles. The van der Waals surface area contributed by atoms with Gasteiger partial charge in [-0.05, 0) is 31.2 Å². The molecule has 1 aromatic carbocycles. The van der Waals surface area contributed by atoms with E-state index in [4.69, 9.17) is 0 Å². The Kier molecular flexibility index (Phi) is 7.72. The van der Waals surface area contributed by atoms with Crippen LogP contribution < -0.4 is 10.2 Å². The van der Waals surface area contributed by atoms with Crippen LogP contribution in [0, 0.1) is 6.92 Å². The summed E-state index contributed by atoms with van der Waals surface area (Å²) >= 11 is 0. The van der Waals surface area contributed by atoms with E-state index in [1.807, 2.05) is 18.5 Å². The number of nitrogens with zero attached hydrogens (tertiary/aromatic N) is 6. The third kappa shape index (κ3) is 5.52. The SMILES string of the molecule is CN=C(NCc1nnc(C)n1C)N1CCN(c2ccc(C(F)(F)F)cc2)CC1.I. The van der Waals surface area contributed by atoms with E-state index in [1.54, 1.807) is 7.05 Å². The minimum Gasteiger partial charge on any atom is -0.368 e. The predicted octanol–water partition coefficient (Wildman–Crippen LogP) is 2.66. The fourth-order valence-corrected chi connectivity index (χ4v) is 3.13. The van der Waals surface area contributed by atoms with Crippen molar-refractivity contribution in [2.45, 2.75) is 19.6 Å². The van der Waals surface area contributed by atoms with E-state index in [2.05, 4.69) is 30.3 Å². The Morgan fingerprint density at radius 1 is 1.10 bits per heavy atom. The molecule has 2 heterocycles. The lowest BCUT2D eigenvalue weighted by atomic mass is 10.1. The van der Waals surface area contributed by atoms with E-state index in [9.17, 15) is 13.2 Å². The highest BCUT2D eigenvalue weighted by Crippen LogP contribution is 2.30. The lowest BCUT2D eigenvalue weighted by Gasteiger charge is -2.37. The quantitative estimate of drug-likeness (QED) is 0.381. The molecule has 0 atom stereocenters. The predicted molar refractivity (Wildman–Crippen MR) is 117 cm³/mol. The number of benzene rings is 1. The molecule has 29 heavy (non-hydrogen) atoms. The molecule has 1 fully saturated rings. The summed E-state index contributed by atoms with van der Waals surface area (Å²) in [6.45, 7) is 5.26. The van der Waals surface area contributed by atoms with Gasteiger partial charge in [0.15, 0.2) is 11.8 Å². The van der Waals surface area contributed by atoms with Crippen molar-refractivity contribution in [1.82, 2.24) is 25.0 Å². The molecule has 0 aliphatic carbocycles. The first kappa shape index (κ1) is 23.2. The van der Waals surface area contributed by atoms with Gasteiger partial charge >= 0.3 is 6.18 Å². The molecule has 160 valence electrons.